The van der Waals surface area contributed by atoms with E-state index in [0.717, 1.165) is 18.1 Å². The first-order valence-corrected chi connectivity index (χ1v) is 13.7. The van der Waals surface area contributed by atoms with Crippen LogP contribution in [0.1, 0.15) is 73.7 Å². The molecular formula is C34H34O7. The third-order valence-electron chi connectivity index (χ3n) is 9.25. The fraction of sp³-hybridized carbons (Fsp3) is 0.382. The molecule has 7 heteroatoms. The van der Waals surface area contributed by atoms with Crippen LogP contribution in [0.4, 0.5) is 0 Å². The SMILES string of the molecule is CC(=O)C1=C(O)C(C(C)C)[C@@]2(C)C[C@@]3(C)Cc4c(C#Cc5cccc(C)c5)ccc(O)c4C(=O)C3=C(O)[C@@]2(O)C1=O. The zero-order valence-corrected chi connectivity index (χ0v) is 24.0. The molecular weight excluding hydrogens is 520 g/mol. The topological polar surface area (TPSA) is 132 Å². The lowest BCUT2D eigenvalue weighted by Crippen LogP contribution is -2.67. The van der Waals surface area contributed by atoms with Gasteiger partial charge in [0.2, 0.25) is 5.78 Å². The molecule has 2 aromatic carbocycles. The molecule has 7 nitrogen and oxygen atoms in total. The van der Waals surface area contributed by atoms with Crippen LogP contribution in [0.5, 0.6) is 5.75 Å². The number of allylic oxidation sites excluding steroid dienone is 2. The number of rotatable bonds is 2. The monoisotopic (exact) mass is 554 g/mol. The molecule has 3 aliphatic rings. The quantitative estimate of drug-likeness (QED) is 0.302. The number of fused-ring (bicyclic) bond motifs is 3. The molecule has 4 atom stereocenters. The molecule has 0 spiro atoms. The molecule has 2 aromatic rings. The Morgan fingerprint density at radius 1 is 1.05 bits per heavy atom. The molecule has 5 rings (SSSR count). The second-order valence-corrected chi connectivity index (χ2v) is 12.6. The molecule has 0 fully saturated rings. The van der Waals surface area contributed by atoms with Gasteiger partial charge in [0.05, 0.1) is 5.56 Å². The first kappa shape index (κ1) is 28.4. The lowest BCUT2D eigenvalue weighted by molar-refractivity contribution is -0.171. The Labute approximate surface area is 239 Å². The van der Waals surface area contributed by atoms with Crippen molar-refractivity contribution in [2.24, 2.45) is 22.7 Å². The number of aromatic hydroxyl groups is 1. The Bertz CT molecular complexity index is 1680. The number of carbonyl (C=O) groups is 3. The molecule has 0 amide bonds. The van der Waals surface area contributed by atoms with E-state index in [9.17, 15) is 34.8 Å². The van der Waals surface area contributed by atoms with Crippen LogP contribution < -0.4 is 0 Å². The fourth-order valence-corrected chi connectivity index (χ4v) is 7.71. The summed E-state index contributed by atoms with van der Waals surface area (Å²) in [5.74, 6) is 0.940. The van der Waals surface area contributed by atoms with Crippen molar-refractivity contribution >= 4 is 17.3 Å². The van der Waals surface area contributed by atoms with Crippen LogP contribution in [0.15, 0.2) is 59.1 Å². The number of phenolic OH excluding ortho intramolecular Hbond substituents is 1. The zero-order chi connectivity index (χ0) is 30.2. The molecule has 0 saturated carbocycles. The van der Waals surface area contributed by atoms with E-state index in [4.69, 9.17) is 0 Å². The van der Waals surface area contributed by atoms with Crippen molar-refractivity contribution in [2.75, 3.05) is 0 Å². The van der Waals surface area contributed by atoms with Gasteiger partial charge in [0, 0.05) is 33.4 Å². The van der Waals surface area contributed by atoms with Gasteiger partial charge in [-0.05, 0) is 68.0 Å². The molecule has 3 aliphatic carbocycles. The first-order chi connectivity index (χ1) is 19.1. The summed E-state index contributed by atoms with van der Waals surface area (Å²) in [5.41, 5.74) is -3.09. The summed E-state index contributed by atoms with van der Waals surface area (Å²) in [7, 11) is 0. The third kappa shape index (κ3) is 3.81. The molecule has 1 unspecified atom stereocenters. The molecule has 0 bridgehead atoms. The number of aliphatic hydroxyl groups is 3. The summed E-state index contributed by atoms with van der Waals surface area (Å²) in [6, 6.07) is 10.7. The van der Waals surface area contributed by atoms with E-state index >= 15 is 0 Å². The minimum atomic E-state index is -2.63. The van der Waals surface area contributed by atoms with E-state index in [-0.39, 0.29) is 35.6 Å². The van der Waals surface area contributed by atoms with Crippen molar-refractivity contribution in [2.45, 2.75) is 60.0 Å². The van der Waals surface area contributed by atoms with Crippen LogP contribution in [0.2, 0.25) is 0 Å². The van der Waals surface area contributed by atoms with Crippen LogP contribution in [0.25, 0.3) is 0 Å². The van der Waals surface area contributed by atoms with E-state index in [1.807, 2.05) is 31.2 Å². The molecule has 4 N–H and O–H groups in total. The van der Waals surface area contributed by atoms with Gasteiger partial charge in [0.1, 0.15) is 22.8 Å². The largest absolute Gasteiger partial charge is 0.511 e. The van der Waals surface area contributed by atoms with Crippen molar-refractivity contribution < 1.29 is 34.8 Å². The van der Waals surface area contributed by atoms with Gasteiger partial charge in [0.15, 0.2) is 17.2 Å². The van der Waals surface area contributed by atoms with Crippen LogP contribution in [-0.2, 0) is 16.0 Å². The smallest absolute Gasteiger partial charge is 0.209 e. The number of benzene rings is 2. The van der Waals surface area contributed by atoms with E-state index in [1.54, 1.807) is 33.8 Å². The number of phenols is 1. The van der Waals surface area contributed by atoms with E-state index in [0.29, 0.717) is 11.1 Å². The maximum absolute atomic E-state index is 14.1. The van der Waals surface area contributed by atoms with Gasteiger partial charge in [-0.1, -0.05) is 51.7 Å². The molecule has 212 valence electrons. The molecule has 0 heterocycles. The third-order valence-corrected chi connectivity index (χ3v) is 9.25. The van der Waals surface area contributed by atoms with Crippen molar-refractivity contribution in [3.05, 3.63) is 86.9 Å². The summed E-state index contributed by atoms with van der Waals surface area (Å²) in [5, 5.41) is 45.9. The predicted octanol–water partition coefficient (Wildman–Crippen LogP) is 5.05. The van der Waals surface area contributed by atoms with Gasteiger partial charge in [-0.2, -0.15) is 0 Å². The van der Waals surface area contributed by atoms with Gasteiger partial charge in [-0.15, -0.1) is 0 Å². The number of aryl methyl sites for hydroxylation is 1. The van der Waals surface area contributed by atoms with Gasteiger partial charge in [0.25, 0.3) is 0 Å². The number of hydrogen-bond donors (Lipinski definition) is 4. The maximum Gasteiger partial charge on any atom is 0.209 e. The Hall–Kier alpha value is -4.15. The van der Waals surface area contributed by atoms with Gasteiger partial charge >= 0.3 is 0 Å². The van der Waals surface area contributed by atoms with Crippen molar-refractivity contribution in [1.82, 2.24) is 0 Å². The molecule has 0 aromatic heterocycles. The predicted molar refractivity (Wildman–Crippen MR) is 152 cm³/mol. The van der Waals surface area contributed by atoms with Crippen LogP contribution in [-0.4, -0.2) is 43.4 Å². The average molecular weight is 555 g/mol. The summed E-state index contributed by atoms with van der Waals surface area (Å²) >= 11 is 0. The minimum Gasteiger partial charge on any atom is -0.511 e. The summed E-state index contributed by atoms with van der Waals surface area (Å²) < 4.78 is 0. The Balaban J connectivity index is 1.76. The number of carbonyl (C=O) groups excluding carboxylic acids is 3. The average Bonchev–Trinajstić information content (AvgIpc) is 2.85. The molecule has 0 radical (unpaired) electrons. The highest BCUT2D eigenvalue weighted by Crippen LogP contribution is 2.65. The van der Waals surface area contributed by atoms with Crippen molar-refractivity contribution in [3.8, 4) is 17.6 Å². The lowest BCUT2D eigenvalue weighted by atomic mass is 9.44. The highest BCUT2D eigenvalue weighted by Gasteiger charge is 2.71. The fourth-order valence-electron chi connectivity index (χ4n) is 7.71. The zero-order valence-electron chi connectivity index (χ0n) is 24.0. The molecule has 41 heavy (non-hydrogen) atoms. The molecule has 0 aliphatic heterocycles. The number of ketones is 3. The standard InChI is InChI=1S/C34H34O7/c1-17(2)26-28(37)24(19(4)35)30(39)34(41)31(40)27-29(38)25-22(15-32(27,5)16-33(26,34)6)21(12-13-23(25)36)11-10-20-9-7-8-18(3)14-20/h7-9,12-14,17,26,36-37,40-41H,15-16H2,1-6H3/t26?,32-,33-,34+/m1/s1. The van der Waals surface area contributed by atoms with Crippen LogP contribution in [0, 0.1) is 41.4 Å². The van der Waals surface area contributed by atoms with E-state index in [2.05, 4.69) is 11.8 Å². The van der Waals surface area contributed by atoms with Crippen LogP contribution in [0.3, 0.4) is 0 Å². The highest BCUT2D eigenvalue weighted by molar-refractivity contribution is 6.25. The number of Topliss-reactive ketones (excluding diaryl/α,β-unsaturated/α-hetero) is 3. The van der Waals surface area contributed by atoms with E-state index < -0.39 is 56.8 Å². The van der Waals surface area contributed by atoms with Crippen molar-refractivity contribution in [1.29, 1.82) is 0 Å². The lowest BCUT2D eigenvalue weighted by Gasteiger charge is -2.59. The Kier molecular flexibility index (Phi) is 6.36. The number of aliphatic hydroxyl groups excluding tert-OH is 2. The maximum atomic E-state index is 14.1. The second-order valence-electron chi connectivity index (χ2n) is 12.6. The first-order valence-electron chi connectivity index (χ1n) is 13.7. The van der Waals surface area contributed by atoms with E-state index in [1.165, 1.54) is 6.07 Å². The van der Waals surface area contributed by atoms with Crippen molar-refractivity contribution in [3.63, 3.8) is 0 Å². The summed E-state index contributed by atoms with van der Waals surface area (Å²) in [6.45, 7) is 10.1. The number of hydrogen-bond acceptors (Lipinski definition) is 7. The van der Waals surface area contributed by atoms with Crippen LogP contribution >= 0.6 is 0 Å². The van der Waals surface area contributed by atoms with Gasteiger partial charge < -0.3 is 20.4 Å². The Morgan fingerprint density at radius 2 is 1.73 bits per heavy atom. The Morgan fingerprint density at radius 3 is 2.34 bits per heavy atom. The molecule has 0 saturated heterocycles. The minimum absolute atomic E-state index is 0.0330. The normalized spacial score (nSPS) is 29.0. The summed E-state index contributed by atoms with van der Waals surface area (Å²) in [6.07, 6.45) is 0.208. The van der Waals surface area contributed by atoms with Gasteiger partial charge in [-0.25, -0.2) is 0 Å². The van der Waals surface area contributed by atoms with Gasteiger partial charge in [-0.3, -0.25) is 14.4 Å². The highest BCUT2D eigenvalue weighted by atomic mass is 16.3. The summed E-state index contributed by atoms with van der Waals surface area (Å²) in [4.78, 5) is 40.3. The second kappa shape index (κ2) is 9.19.